The second-order valence-corrected chi connectivity index (χ2v) is 4.48. The molecule has 0 saturated heterocycles. The molecule has 0 N–H and O–H groups in total. The lowest BCUT2D eigenvalue weighted by molar-refractivity contribution is 0.112. The number of rotatable bonds is 1. The van der Waals surface area contributed by atoms with Crippen molar-refractivity contribution in [3.63, 3.8) is 0 Å². The molecule has 0 aliphatic heterocycles. The summed E-state index contributed by atoms with van der Waals surface area (Å²) in [5.41, 5.74) is 0. The molecule has 0 radical (unpaired) electrons. The first-order valence-corrected chi connectivity index (χ1v) is 5.05. The predicted octanol–water partition coefficient (Wildman–Crippen LogP) is 3.48. The highest BCUT2D eigenvalue weighted by atomic mass is 79.9. The Bertz CT molecular complexity index is 433. The van der Waals surface area contributed by atoms with Gasteiger partial charge in [-0.2, -0.15) is 0 Å². The van der Waals surface area contributed by atoms with Crippen molar-refractivity contribution in [2.75, 3.05) is 0 Å². The second-order valence-electron chi connectivity index (χ2n) is 2.45. The van der Waals surface area contributed by atoms with Crippen molar-refractivity contribution in [1.29, 1.82) is 0 Å². The van der Waals surface area contributed by atoms with Crippen molar-refractivity contribution in [3.8, 4) is 0 Å². The average molecular weight is 241 g/mol. The molecule has 1 heterocycles. The summed E-state index contributed by atoms with van der Waals surface area (Å²) in [5, 5.41) is 1.13. The maximum Gasteiger partial charge on any atom is 0.160 e. The average Bonchev–Trinajstić information content (AvgIpc) is 2.46. The maximum atomic E-state index is 10.5. The highest BCUT2D eigenvalue weighted by Crippen LogP contribution is 2.27. The number of halogens is 1. The molecule has 0 bridgehead atoms. The standard InChI is InChI=1S/C9H5BrOS/c10-7-2-1-6-3-8(5-11)12-9(6)4-7/h1-5H. The molecular formula is C9H5BrOS. The Morgan fingerprint density at radius 3 is 2.92 bits per heavy atom. The minimum atomic E-state index is 0.781. The van der Waals surface area contributed by atoms with Gasteiger partial charge in [-0.3, -0.25) is 4.79 Å². The van der Waals surface area contributed by atoms with E-state index in [0.29, 0.717) is 0 Å². The van der Waals surface area contributed by atoms with Crippen LogP contribution in [0.25, 0.3) is 10.1 Å². The smallest absolute Gasteiger partial charge is 0.160 e. The van der Waals surface area contributed by atoms with E-state index in [9.17, 15) is 4.79 Å². The summed E-state index contributed by atoms with van der Waals surface area (Å²) >= 11 is 4.90. The minimum absolute atomic E-state index is 0.781. The van der Waals surface area contributed by atoms with Crippen LogP contribution in [0.1, 0.15) is 9.67 Å². The molecule has 60 valence electrons. The molecule has 0 saturated carbocycles. The van der Waals surface area contributed by atoms with Gasteiger partial charge in [0, 0.05) is 9.17 Å². The van der Waals surface area contributed by atoms with Crippen molar-refractivity contribution < 1.29 is 4.79 Å². The number of fused-ring (bicyclic) bond motifs is 1. The summed E-state index contributed by atoms with van der Waals surface area (Å²) in [7, 11) is 0. The quantitative estimate of drug-likeness (QED) is 0.698. The third-order valence-corrected chi connectivity index (χ3v) is 3.13. The van der Waals surface area contributed by atoms with Gasteiger partial charge >= 0.3 is 0 Å². The van der Waals surface area contributed by atoms with Gasteiger partial charge in [-0.05, 0) is 23.6 Å². The van der Waals surface area contributed by atoms with Crippen molar-refractivity contribution in [1.82, 2.24) is 0 Å². The van der Waals surface area contributed by atoms with Crippen LogP contribution >= 0.6 is 27.3 Å². The molecule has 0 fully saturated rings. The molecule has 0 aliphatic carbocycles. The molecule has 1 aromatic carbocycles. The maximum absolute atomic E-state index is 10.5. The van der Waals surface area contributed by atoms with Gasteiger partial charge in [0.25, 0.3) is 0 Å². The normalized spacial score (nSPS) is 10.4. The molecule has 3 heteroatoms. The van der Waals surface area contributed by atoms with E-state index in [1.165, 1.54) is 11.3 Å². The molecule has 0 atom stereocenters. The van der Waals surface area contributed by atoms with Gasteiger partial charge in [0.05, 0.1) is 4.88 Å². The van der Waals surface area contributed by atoms with Crippen LogP contribution < -0.4 is 0 Å². The largest absolute Gasteiger partial charge is 0.297 e. The van der Waals surface area contributed by atoms with Crippen LogP contribution in [0.2, 0.25) is 0 Å². The van der Waals surface area contributed by atoms with Crippen molar-refractivity contribution in [3.05, 3.63) is 33.6 Å². The zero-order valence-corrected chi connectivity index (χ0v) is 8.48. The Morgan fingerprint density at radius 1 is 1.33 bits per heavy atom. The summed E-state index contributed by atoms with van der Waals surface area (Å²) in [4.78, 5) is 11.2. The summed E-state index contributed by atoms with van der Waals surface area (Å²) in [6, 6.07) is 7.90. The summed E-state index contributed by atoms with van der Waals surface area (Å²) < 4.78 is 2.20. The predicted molar refractivity (Wildman–Crippen MR) is 54.9 cm³/mol. The number of aldehydes is 1. The Morgan fingerprint density at radius 2 is 2.17 bits per heavy atom. The van der Waals surface area contributed by atoms with Gasteiger partial charge in [-0.25, -0.2) is 0 Å². The van der Waals surface area contributed by atoms with E-state index < -0.39 is 0 Å². The molecule has 2 rings (SSSR count). The Labute approximate surface area is 82.1 Å². The van der Waals surface area contributed by atoms with E-state index in [2.05, 4.69) is 15.9 Å². The van der Waals surface area contributed by atoms with E-state index in [0.717, 1.165) is 25.7 Å². The number of thiophene rings is 1. The van der Waals surface area contributed by atoms with Gasteiger partial charge in [0.1, 0.15) is 0 Å². The fraction of sp³-hybridized carbons (Fsp3) is 0. The number of hydrogen-bond donors (Lipinski definition) is 0. The monoisotopic (exact) mass is 240 g/mol. The van der Waals surface area contributed by atoms with Crippen molar-refractivity contribution in [2.45, 2.75) is 0 Å². The highest BCUT2D eigenvalue weighted by molar-refractivity contribution is 9.10. The third kappa shape index (κ3) is 1.30. The van der Waals surface area contributed by atoms with Crippen LogP contribution in [0.3, 0.4) is 0 Å². The van der Waals surface area contributed by atoms with Gasteiger partial charge < -0.3 is 0 Å². The first-order valence-electron chi connectivity index (χ1n) is 3.44. The number of hydrogen-bond acceptors (Lipinski definition) is 2. The molecule has 1 nitrogen and oxygen atoms in total. The minimum Gasteiger partial charge on any atom is -0.297 e. The Kier molecular flexibility index (Phi) is 1.98. The van der Waals surface area contributed by atoms with Gasteiger partial charge in [0.2, 0.25) is 0 Å². The lowest BCUT2D eigenvalue weighted by atomic mass is 10.2. The van der Waals surface area contributed by atoms with Gasteiger partial charge in [-0.1, -0.05) is 22.0 Å². The topological polar surface area (TPSA) is 17.1 Å². The van der Waals surface area contributed by atoms with Gasteiger partial charge in [-0.15, -0.1) is 11.3 Å². The van der Waals surface area contributed by atoms with Crippen LogP contribution in [0, 0.1) is 0 Å². The lowest BCUT2D eigenvalue weighted by Crippen LogP contribution is -1.63. The van der Waals surface area contributed by atoms with E-state index in [4.69, 9.17) is 0 Å². The Balaban J connectivity index is 2.75. The fourth-order valence-electron chi connectivity index (χ4n) is 1.08. The highest BCUT2D eigenvalue weighted by Gasteiger charge is 1.99. The zero-order valence-electron chi connectivity index (χ0n) is 6.08. The molecule has 12 heavy (non-hydrogen) atoms. The van der Waals surface area contributed by atoms with Crippen LogP contribution in [0.5, 0.6) is 0 Å². The van der Waals surface area contributed by atoms with Crippen LogP contribution in [-0.4, -0.2) is 6.29 Å². The Hall–Kier alpha value is -0.670. The summed E-state index contributed by atoms with van der Waals surface area (Å²) in [5.74, 6) is 0. The molecular weight excluding hydrogens is 236 g/mol. The van der Waals surface area contributed by atoms with Crippen molar-refractivity contribution in [2.24, 2.45) is 0 Å². The second kappa shape index (κ2) is 2.99. The molecule has 2 aromatic rings. The fourth-order valence-corrected chi connectivity index (χ4v) is 2.51. The summed E-state index contributed by atoms with van der Waals surface area (Å²) in [6.45, 7) is 0. The van der Waals surface area contributed by atoms with E-state index >= 15 is 0 Å². The van der Waals surface area contributed by atoms with Crippen LogP contribution in [-0.2, 0) is 0 Å². The van der Waals surface area contributed by atoms with Crippen LogP contribution in [0.4, 0.5) is 0 Å². The molecule has 0 unspecified atom stereocenters. The van der Waals surface area contributed by atoms with E-state index in [1.807, 2.05) is 24.3 Å². The first kappa shape index (κ1) is 7.95. The molecule has 1 aromatic heterocycles. The zero-order chi connectivity index (χ0) is 8.55. The van der Waals surface area contributed by atoms with Gasteiger partial charge in [0.15, 0.2) is 6.29 Å². The number of carbonyl (C=O) groups excluding carboxylic acids is 1. The molecule has 0 aliphatic rings. The lowest BCUT2D eigenvalue weighted by Gasteiger charge is -1.88. The van der Waals surface area contributed by atoms with Crippen molar-refractivity contribution >= 4 is 43.6 Å². The number of benzene rings is 1. The number of carbonyl (C=O) groups is 1. The van der Waals surface area contributed by atoms with Crippen LogP contribution in [0.15, 0.2) is 28.7 Å². The summed E-state index contributed by atoms with van der Waals surface area (Å²) in [6.07, 6.45) is 0.887. The van der Waals surface area contributed by atoms with E-state index in [-0.39, 0.29) is 0 Å². The molecule has 0 amide bonds. The van der Waals surface area contributed by atoms with E-state index in [1.54, 1.807) is 0 Å². The molecule has 0 spiro atoms. The third-order valence-electron chi connectivity index (χ3n) is 1.62. The SMILES string of the molecule is O=Cc1cc2ccc(Br)cc2s1. The first-order chi connectivity index (χ1) is 5.79.